The number of hydrogen-bond acceptors (Lipinski definition) is 7. The number of sulfonamides is 1. The predicted octanol–water partition coefficient (Wildman–Crippen LogP) is 5.42. The Morgan fingerprint density at radius 1 is 1.21 bits per heavy atom. The summed E-state index contributed by atoms with van der Waals surface area (Å²) in [5.74, 6) is -0.713. The average molecular weight is 569 g/mol. The van der Waals surface area contributed by atoms with Gasteiger partial charge in [-0.15, -0.1) is 0 Å². The van der Waals surface area contributed by atoms with Crippen LogP contribution in [-0.2, 0) is 16.2 Å². The monoisotopic (exact) mass is 568 g/mol. The topological polar surface area (TPSA) is 123 Å². The molecule has 0 amide bonds. The molecule has 0 saturated carbocycles. The number of aryl methyl sites for hydroxylation is 1. The Morgan fingerprint density at radius 3 is 2.63 bits per heavy atom. The first kappa shape index (κ1) is 27.2. The highest BCUT2D eigenvalue weighted by molar-refractivity contribution is 7.92. The van der Waals surface area contributed by atoms with Crippen LogP contribution in [0, 0.1) is 6.92 Å². The molecule has 1 aromatic carbocycles. The second-order valence-electron chi connectivity index (χ2n) is 8.23. The Bertz CT molecular complexity index is 1610. The minimum Gasteiger partial charge on any atom is -0.491 e. The van der Waals surface area contributed by atoms with Crippen molar-refractivity contribution in [2.45, 2.75) is 31.3 Å². The number of rotatable bonds is 8. The number of ketones is 1. The van der Waals surface area contributed by atoms with Crippen LogP contribution in [0.2, 0.25) is 5.02 Å². The first-order valence-corrected chi connectivity index (χ1v) is 12.9. The van der Waals surface area contributed by atoms with Gasteiger partial charge in [0, 0.05) is 18.0 Å². The molecule has 0 radical (unpaired) electrons. The highest BCUT2D eigenvalue weighted by Gasteiger charge is 2.35. The van der Waals surface area contributed by atoms with Crippen molar-refractivity contribution in [3.8, 4) is 17.1 Å². The van der Waals surface area contributed by atoms with Crippen LogP contribution in [-0.4, -0.2) is 40.7 Å². The molecule has 2 aromatic rings. The number of alkyl halides is 3. The molecule has 1 aromatic heterocycles. The van der Waals surface area contributed by atoms with Crippen molar-refractivity contribution in [2.75, 3.05) is 11.3 Å². The lowest BCUT2D eigenvalue weighted by molar-refractivity contribution is -0.137. The van der Waals surface area contributed by atoms with Crippen LogP contribution >= 0.6 is 11.6 Å². The molecular weight excluding hydrogens is 549 g/mol. The van der Waals surface area contributed by atoms with Crippen molar-refractivity contribution < 1.29 is 36.3 Å². The van der Waals surface area contributed by atoms with E-state index in [0.717, 1.165) is 18.3 Å². The summed E-state index contributed by atoms with van der Waals surface area (Å²) in [6.45, 7) is 3.64. The van der Waals surface area contributed by atoms with E-state index in [1.807, 2.05) is 6.92 Å². The number of anilines is 1. The number of benzene rings is 1. The van der Waals surface area contributed by atoms with Gasteiger partial charge in [-0.1, -0.05) is 18.5 Å². The molecule has 0 spiro atoms. The van der Waals surface area contributed by atoms with Crippen molar-refractivity contribution in [1.29, 1.82) is 0 Å². The average Bonchev–Trinajstić information content (AvgIpc) is 3.32. The van der Waals surface area contributed by atoms with Gasteiger partial charge in [0.05, 0.1) is 39.5 Å². The van der Waals surface area contributed by atoms with Gasteiger partial charge < -0.3 is 9.94 Å². The van der Waals surface area contributed by atoms with Gasteiger partial charge in [0.1, 0.15) is 5.69 Å². The molecule has 0 atom stereocenters. The summed E-state index contributed by atoms with van der Waals surface area (Å²) < 4.78 is 74.7. The number of ether oxygens (including phenoxy) is 1. The quantitative estimate of drug-likeness (QED) is 0.215. The maximum absolute atomic E-state index is 13.8. The second kappa shape index (κ2) is 10.1. The molecule has 38 heavy (non-hydrogen) atoms. The number of hydrogen-bond donors (Lipinski definition) is 2. The highest BCUT2D eigenvalue weighted by Crippen LogP contribution is 2.37. The van der Waals surface area contributed by atoms with Gasteiger partial charge >= 0.3 is 6.18 Å². The Morgan fingerprint density at radius 2 is 1.95 bits per heavy atom. The summed E-state index contributed by atoms with van der Waals surface area (Å²) in [5.41, 5.74) is -1.29. The van der Waals surface area contributed by atoms with Gasteiger partial charge in [0.25, 0.3) is 10.0 Å². The SMILES string of the molecule is CCCOc1cn(O)c2nccc-2c1C(=O)c1ncc(C)cc1NS(=O)(=O)c1ccc(Cl)c(C(F)(F)F)c1. The number of pyridine rings is 2. The van der Waals surface area contributed by atoms with Gasteiger partial charge in [-0.2, -0.15) is 17.9 Å². The molecule has 200 valence electrons. The fourth-order valence-corrected chi connectivity index (χ4v) is 4.98. The Balaban J connectivity index is 1.82. The van der Waals surface area contributed by atoms with Crippen LogP contribution < -0.4 is 9.46 Å². The van der Waals surface area contributed by atoms with Gasteiger partial charge in [-0.3, -0.25) is 14.5 Å². The van der Waals surface area contributed by atoms with Crippen molar-refractivity contribution in [3.05, 3.63) is 76.3 Å². The second-order valence-corrected chi connectivity index (χ2v) is 10.3. The van der Waals surface area contributed by atoms with Crippen LogP contribution in [0.25, 0.3) is 11.4 Å². The number of nitrogens with one attached hydrogen (secondary N) is 1. The van der Waals surface area contributed by atoms with E-state index in [1.54, 1.807) is 6.92 Å². The maximum Gasteiger partial charge on any atom is 0.417 e. The van der Waals surface area contributed by atoms with Crippen molar-refractivity contribution in [2.24, 2.45) is 0 Å². The lowest BCUT2D eigenvalue weighted by Gasteiger charge is -2.18. The van der Waals surface area contributed by atoms with Gasteiger partial charge in [-0.05, 0) is 49.2 Å². The fourth-order valence-electron chi connectivity index (χ4n) is 3.67. The molecule has 2 aliphatic rings. The zero-order valence-electron chi connectivity index (χ0n) is 19.9. The summed E-state index contributed by atoms with van der Waals surface area (Å²) >= 11 is 5.62. The van der Waals surface area contributed by atoms with Crippen LogP contribution in [0.15, 0.2) is 53.8 Å². The molecular formula is C24H20ClF3N4O5S. The predicted molar refractivity (Wildman–Crippen MR) is 131 cm³/mol. The largest absolute Gasteiger partial charge is 0.491 e. The third-order valence-electron chi connectivity index (χ3n) is 5.38. The van der Waals surface area contributed by atoms with E-state index in [9.17, 15) is 31.6 Å². The molecule has 0 unspecified atom stereocenters. The van der Waals surface area contributed by atoms with Crippen molar-refractivity contribution in [3.63, 3.8) is 0 Å². The van der Waals surface area contributed by atoms with Crippen LogP contribution in [0.4, 0.5) is 18.9 Å². The molecule has 0 bridgehead atoms. The van der Waals surface area contributed by atoms with Gasteiger partial charge in [0.15, 0.2) is 11.6 Å². The Kier molecular flexibility index (Phi) is 7.26. The zero-order chi connectivity index (χ0) is 27.8. The fraction of sp³-hybridized carbons (Fsp3) is 0.208. The van der Waals surface area contributed by atoms with Crippen LogP contribution in [0.5, 0.6) is 5.75 Å². The number of aromatic nitrogens is 3. The van der Waals surface area contributed by atoms with E-state index in [4.69, 9.17) is 16.3 Å². The first-order chi connectivity index (χ1) is 17.8. The third kappa shape index (κ3) is 5.24. The number of carbonyl (C=O) groups is 1. The summed E-state index contributed by atoms with van der Waals surface area (Å²) in [6, 6.07) is 4.93. The minimum absolute atomic E-state index is 0.00329. The Hall–Kier alpha value is -3.84. The van der Waals surface area contributed by atoms with Crippen LogP contribution in [0.3, 0.4) is 0 Å². The van der Waals surface area contributed by atoms with E-state index in [2.05, 4.69) is 14.7 Å². The molecule has 9 nitrogen and oxygen atoms in total. The standard InChI is InChI=1S/C24H20ClF3N4O5S/c1-3-8-37-19-12-32(34)23-15(6-7-29-23)20(19)22(33)21-18(9-13(2)11-30-21)31-38(35,36)14-4-5-17(25)16(10-14)24(26,27)28/h4-7,9-12,31,34H,3,8H2,1-2H3. The number of fused-ring (bicyclic) bond motifs is 1. The smallest absolute Gasteiger partial charge is 0.417 e. The highest BCUT2D eigenvalue weighted by atomic mass is 35.5. The van der Waals surface area contributed by atoms with Crippen LogP contribution in [0.1, 0.15) is 40.5 Å². The number of nitrogens with zero attached hydrogens (tertiary/aromatic N) is 3. The lowest BCUT2D eigenvalue weighted by Crippen LogP contribution is -2.19. The number of carbonyl (C=O) groups excluding carboxylic acids is 1. The van der Waals surface area contributed by atoms with E-state index in [0.29, 0.717) is 22.8 Å². The zero-order valence-corrected chi connectivity index (χ0v) is 21.4. The molecule has 14 heteroatoms. The molecule has 3 heterocycles. The molecule has 0 aliphatic carbocycles. The lowest BCUT2D eigenvalue weighted by atomic mass is 10.00. The molecule has 4 rings (SSSR count). The van der Waals surface area contributed by atoms with Gasteiger partial charge in [0.2, 0.25) is 5.78 Å². The van der Waals surface area contributed by atoms with Crippen molar-refractivity contribution >= 4 is 33.1 Å². The van der Waals surface area contributed by atoms with E-state index in [1.165, 1.54) is 24.5 Å². The van der Waals surface area contributed by atoms with E-state index >= 15 is 0 Å². The maximum atomic E-state index is 13.8. The summed E-state index contributed by atoms with van der Waals surface area (Å²) in [4.78, 5) is 21.2. The molecule has 0 fully saturated rings. The van der Waals surface area contributed by atoms with Crippen molar-refractivity contribution in [1.82, 2.24) is 14.7 Å². The third-order valence-corrected chi connectivity index (χ3v) is 7.07. The normalized spacial score (nSPS) is 12.1. The molecule has 0 saturated heterocycles. The minimum atomic E-state index is -4.89. The van der Waals surface area contributed by atoms with E-state index < -0.39 is 37.5 Å². The Labute approximate surface area is 220 Å². The van der Waals surface area contributed by atoms with Gasteiger partial charge in [-0.25, -0.2) is 13.4 Å². The number of halogens is 4. The summed E-state index contributed by atoms with van der Waals surface area (Å²) in [5, 5.41) is 9.59. The molecule has 2 aliphatic heterocycles. The molecule has 2 N–H and O–H groups in total. The van der Waals surface area contributed by atoms with E-state index in [-0.39, 0.29) is 40.7 Å². The summed E-state index contributed by atoms with van der Waals surface area (Å²) in [6.07, 6.45) is -0.451. The summed E-state index contributed by atoms with van der Waals surface area (Å²) in [7, 11) is -4.62. The first-order valence-electron chi connectivity index (χ1n) is 11.1.